The lowest BCUT2D eigenvalue weighted by Gasteiger charge is -2.07. The summed E-state index contributed by atoms with van der Waals surface area (Å²) in [6.45, 7) is 3.74. The van der Waals surface area contributed by atoms with Crippen molar-refractivity contribution in [2.45, 2.75) is 13.8 Å². The number of pyridine rings is 1. The van der Waals surface area contributed by atoms with Gasteiger partial charge in [0.2, 0.25) is 0 Å². The summed E-state index contributed by atoms with van der Waals surface area (Å²) in [4.78, 5) is 16.9. The number of hydrogen-bond acceptors (Lipinski definition) is 3. The van der Waals surface area contributed by atoms with Gasteiger partial charge < -0.3 is 5.32 Å². The zero-order valence-corrected chi connectivity index (χ0v) is 14.3. The van der Waals surface area contributed by atoms with Gasteiger partial charge in [0.15, 0.2) is 0 Å². The van der Waals surface area contributed by atoms with E-state index in [0.29, 0.717) is 28.4 Å². The van der Waals surface area contributed by atoms with E-state index in [1.54, 1.807) is 29.5 Å². The lowest BCUT2D eigenvalue weighted by atomic mass is 10.3. The molecule has 0 saturated heterocycles. The van der Waals surface area contributed by atoms with Crippen molar-refractivity contribution in [3.8, 4) is 5.69 Å². The van der Waals surface area contributed by atoms with Crippen LogP contribution in [0, 0.1) is 19.7 Å². The first-order valence-corrected chi connectivity index (χ1v) is 8.09. The highest BCUT2D eigenvalue weighted by Gasteiger charge is 2.16. The SMILES string of the molecule is Cc1ccn2c(C(=O)Nc3cnn(-c4ccccc4F)c3C)cnc2c1. The molecule has 1 aromatic carbocycles. The molecule has 6 nitrogen and oxygen atoms in total. The average Bonchev–Trinajstić information content (AvgIpc) is 3.19. The van der Waals surface area contributed by atoms with E-state index in [1.807, 2.05) is 25.3 Å². The minimum Gasteiger partial charge on any atom is -0.318 e. The van der Waals surface area contributed by atoms with Crippen LogP contribution < -0.4 is 5.32 Å². The van der Waals surface area contributed by atoms with Crippen molar-refractivity contribution in [1.29, 1.82) is 0 Å². The van der Waals surface area contributed by atoms with E-state index in [0.717, 1.165) is 5.56 Å². The van der Waals surface area contributed by atoms with Gasteiger partial charge in [-0.3, -0.25) is 9.20 Å². The first-order valence-electron chi connectivity index (χ1n) is 8.09. The van der Waals surface area contributed by atoms with Crippen molar-refractivity contribution in [3.05, 3.63) is 77.8 Å². The lowest BCUT2D eigenvalue weighted by molar-refractivity contribution is 0.102. The second kappa shape index (κ2) is 6.11. The monoisotopic (exact) mass is 349 g/mol. The topological polar surface area (TPSA) is 64.2 Å². The Morgan fingerprint density at radius 1 is 1.15 bits per heavy atom. The number of benzene rings is 1. The molecule has 0 unspecified atom stereocenters. The van der Waals surface area contributed by atoms with Gasteiger partial charge in [-0.25, -0.2) is 14.1 Å². The van der Waals surface area contributed by atoms with Gasteiger partial charge in [0, 0.05) is 6.20 Å². The summed E-state index contributed by atoms with van der Waals surface area (Å²) in [5, 5.41) is 7.02. The summed E-state index contributed by atoms with van der Waals surface area (Å²) in [7, 11) is 0. The van der Waals surface area contributed by atoms with Gasteiger partial charge in [-0.15, -0.1) is 0 Å². The molecule has 0 fully saturated rings. The highest BCUT2D eigenvalue weighted by Crippen LogP contribution is 2.21. The maximum absolute atomic E-state index is 14.0. The van der Waals surface area contributed by atoms with Crippen LogP contribution in [0.2, 0.25) is 0 Å². The van der Waals surface area contributed by atoms with Crippen LogP contribution in [0.1, 0.15) is 21.7 Å². The summed E-state index contributed by atoms with van der Waals surface area (Å²) < 4.78 is 17.2. The molecule has 1 N–H and O–H groups in total. The van der Waals surface area contributed by atoms with Gasteiger partial charge in [-0.2, -0.15) is 5.10 Å². The number of halogens is 1. The Morgan fingerprint density at radius 2 is 1.96 bits per heavy atom. The molecule has 1 amide bonds. The highest BCUT2D eigenvalue weighted by molar-refractivity contribution is 6.03. The number of carbonyl (C=O) groups is 1. The van der Waals surface area contributed by atoms with Gasteiger partial charge in [0.05, 0.1) is 23.8 Å². The van der Waals surface area contributed by atoms with Crippen LogP contribution in [0.4, 0.5) is 10.1 Å². The fourth-order valence-corrected chi connectivity index (χ4v) is 2.84. The Kier molecular flexibility index (Phi) is 3.76. The van der Waals surface area contributed by atoms with Gasteiger partial charge in [0.1, 0.15) is 22.8 Å². The highest BCUT2D eigenvalue weighted by atomic mass is 19.1. The Bertz CT molecular complexity index is 1130. The third-order valence-electron chi connectivity index (χ3n) is 4.24. The number of carbonyl (C=O) groups excluding carboxylic acids is 1. The molecular weight excluding hydrogens is 333 g/mol. The molecule has 0 atom stereocenters. The Balaban J connectivity index is 1.65. The standard InChI is InChI=1S/C19H16FN5O/c1-12-7-8-24-17(11-21-18(24)9-12)19(26)23-15-10-22-25(13(15)2)16-6-4-3-5-14(16)20/h3-11H,1-2H3,(H,23,26). The molecule has 0 aliphatic carbocycles. The third-order valence-corrected chi connectivity index (χ3v) is 4.24. The van der Waals surface area contributed by atoms with Crippen LogP contribution in [0.25, 0.3) is 11.3 Å². The summed E-state index contributed by atoms with van der Waals surface area (Å²) in [5.41, 5.74) is 3.66. The minimum atomic E-state index is -0.381. The predicted octanol–water partition coefficient (Wildman–Crippen LogP) is 3.53. The molecule has 0 saturated carbocycles. The first kappa shape index (κ1) is 16.0. The van der Waals surface area contributed by atoms with Crippen LogP contribution in [-0.2, 0) is 0 Å². The van der Waals surface area contributed by atoms with E-state index in [9.17, 15) is 9.18 Å². The fraction of sp³-hybridized carbons (Fsp3) is 0.105. The number of nitrogens with one attached hydrogen (secondary N) is 1. The Hall–Kier alpha value is -3.48. The van der Waals surface area contributed by atoms with Crippen LogP contribution in [0.5, 0.6) is 0 Å². The van der Waals surface area contributed by atoms with E-state index in [1.165, 1.54) is 23.1 Å². The van der Waals surface area contributed by atoms with Gasteiger partial charge in [0.25, 0.3) is 5.91 Å². The average molecular weight is 349 g/mol. The number of aryl methyl sites for hydroxylation is 1. The van der Waals surface area contributed by atoms with Crippen molar-refractivity contribution in [2.24, 2.45) is 0 Å². The van der Waals surface area contributed by atoms with E-state index < -0.39 is 0 Å². The number of rotatable bonds is 3. The molecule has 0 aliphatic rings. The van der Waals surface area contributed by atoms with Gasteiger partial charge in [-0.05, 0) is 43.7 Å². The van der Waals surface area contributed by atoms with Crippen LogP contribution in [0.15, 0.2) is 55.0 Å². The van der Waals surface area contributed by atoms with Crippen molar-refractivity contribution >= 4 is 17.2 Å². The molecule has 0 spiro atoms. The number of imidazole rings is 1. The normalized spacial score (nSPS) is 11.0. The molecule has 0 aliphatic heterocycles. The second-order valence-corrected chi connectivity index (χ2v) is 6.04. The number of anilines is 1. The number of para-hydroxylation sites is 1. The van der Waals surface area contributed by atoms with E-state index in [-0.39, 0.29) is 11.7 Å². The van der Waals surface area contributed by atoms with Crippen LogP contribution in [0.3, 0.4) is 0 Å². The summed E-state index contributed by atoms with van der Waals surface area (Å²) in [6.07, 6.45) is 4.84. The molecule has 7 heteroatoms. The number of aromatic nitrogens is 4. The number of hydrogen-bond donors (Lipinski definition) is 1. The van der Waals surface area contributed by atoms with Crippen molar-refractivity contribution in [3.63, 3.8) is 0 Å². The van der Waals surface area contributed by atoms with E-state index >= 15 is 0 Å². The Morgan fingerprint density at radius 3 is 2.77 bits per heavy atom. The molecule has 3 heterocycles. The molecule has 4 rings (SSSR count). The molecule has 0 bridgehead atoms. The van der Waals surface area contributed by atoms with Crippen LogP contribution >= 0.6 is 0 Å². The minimum absolute atomic E-state index is 0.308. The summed E-state index contributed by atoms with van der Waals surface area (Å²) in [5.74, 6) is -0.689. The summed E-state index contributed by atoms with van der Waals surface area (Å²) in [6, 6.07) is 10.2. The molecule has 26 heavy (non-hydrogen) atoms. The molecule has 130 valence electrons. The van der Waals surface area contributed by atoms with Crippen molar-refractivity contribution < 1.29 is 9.18 Å². The first-order chi connectivity index (χ1) is 12.5. The third kappa shape index (κ3) is 2.63. The fourth-order valence-electron chi connectivity index (χ4n) is 2.84. The zero-order valence-electron chi connectivity index (χ0n) is 14.3. The van der Waals surface area contributed by atoms with Gasteiger partial charge in [-0.1, -0.05) is 12.1 Å². The lowest BCUT2D eigenvalue weighted by Crippen LogP contribution is -2.15. The molecule has 3 aromatic heterocycles. The number of amides is 1. The van der Waals surface area contributed by atoms with Gasteiger partial charge >= 0.3 is 0 Å². The predicted molar refractivity (Wildman–Crippen MR) is 96.1 cm³/mol. The Labute approximate surface area is 148 Å². The largest absolute Gasteiger partial charge is 0.318 e. The van der Waals surface area contributed by atoms with E-state index in [4.69, 9.17) is 0 Å². The number of nitrogens with zero attached hydrogens (tertiary/aromatic N) is 4. The van der Waals surface area contributed by atoms with Crippen LogP contribution in [-0.4, -0.2) is 25.1 Å². The van der Waals surface area contributed by atoms with Crippen molar-refractivity contribution in [2.75, 3.05) is 5.32 Å². The van der Waals surface area contributed by atoms with Crippen molar-refractivity contribution in [1.82, 2.24) is 19.2 Å². The summed E-state index contributed by atoms with van der Waals surface area (Å²) >= 11 is 0. The molecule has 0 radical (unpaired) electrons. The quantitative estimate of drug-likeness (QED) is 0.615. The number of fused-ring (bicyclic) bond motifs is 1. The zero-order chi connectivity index (χ0) is 18.3. The van der Waals surface area contributed by atoms with E-state index in [2.05, 4.69) is 15.4 Å². The second-order valence-electron chi connectivity index (χ2n) is 6.04. The molecule has 4 aromatic rings. The maximum atomic E-state index is 14.0. The maximum Gasteiger partial charge on any atom is 0.274 e. The molecular formula is C19H16FN5O. The smallest absolute Gasteiger partial charge is 0.274 e.